The summed E-state index contributed by atoms with van der Waals surface area (Å²) in [4.78, 5) is 2.35. The summed E-state index contributed by atoms with van der Waals surface area (Å²) in [6, 6.07) is 16.4. The van der Waals surface area contributed by atoms with Gasteiger partial charge in [0.1, 0.15) is 11.5 Å². The largest absolute Gasteiger partial charge is 0.497 e. The van der Waals surface area contributed by atoms with Crippen LogP contribution in [-0.2, 0) is 11.3 Å². The molecular weight excluding hydrogens is 342 g/mol. The second-order valence-electron chi connectivity index (χ2n) is 6.95. The minimum Gasteiger partial charge on any atom is -0.497 e. The Hall–Kier alpha value is -2.08. The Morgan fingerprint density at radius 1 is 1.07 bits per heavy atom. The highest BCUT2D eigenvalue weighted by Gasteiger charge is 2.27. The summed E-state index contributed by atoms with van der Waals surface area (Å²) in [7, 11) is 3.33. The van der Waals surface area contributed by atoms with Crippen molar-refractivity contribution in [3.8, 4) is 11.5 Å². The number of likely N-dealkylation sites (tertiary alicyclic amines) is 1. The lowest BCUT2D eigenvalue weighted by atomic mass is 10.0. The van der Waals surface area contributed by atoms with E-state index in [0.717, 1.165) is 36.4 Å². The van der Waals surface area contributed by atoms with Crippen LogP contribution in [0, 0.1) is 0 Å². The zero-order chi connectivity index (χ0) is 19.1. The van der Waals surface area contributed by atoms with Crippen LogP contribution in [0.2, 0.25) is 0 Å². The second-order valence-corrected chi connectivity index (χ2v) is 6.95. The number of benzene rings is 2. The third kappa shape index (κ3) is 5.45. The molecule has 2 unspecified atom stereocenters. The van der Waals surface area contributed by atoms with Crippen LogP contribution < -0.4 is 9.47 Å². The molecule has 2 aromatic carbocycles. The summed E-state index contributed by atoms with van der Waals surface area (Å²) in [5, 5.41) is 10.4. The summed E-state index contributed by atoms with van der Waals surface area (Å²) in [6.07, 6.45) is 1.76. The van der Waals surface area contributed by atoms with Crippen molar-refractivity contribution in [1.82, 2.24) is 4.90 Å². The molecule has 0 radical (unpaired) electrons. The summed E-state index contributed by atoms with van der Waals surface area (Å²) < 4.78 is 16.2. The molecule has 1 fully saturated rings. The van der Waals surface area contributed by atoms with E-state index < -0.39 is 6.10 Å². The molecule has 1 saturated heterocycles. The molecule has 2 aromatic rings. The third-order valence-electron chi connectivity index (χ3n) is 5.02. The first-order valence-electron chi connectivity index (χ1n) is 9.46. The molecule has 2 atom stereocenters. The van der Waals surface area contributed by atoms with Crippen LogP contribution in [0.25, 0.3) is 0 Å². The van der Waals surface area contributed by atoms with Crippen LogP contribution in [0.3, 0.4) is 0 Å². The van der Waals surface area contributed by atoms with Crippen molar-refractivity contribution in [3.05, 3.63) is 59.7 Å². The van der Waals surface area contributed by atoms with Crippen molar-refractivity contribution in [2.24, 2.45) is 0 Å². The van der Waals surface area contributed by atoms with E-state index in [9.17, 15) is 5.11 Å². The van der Waals surface area contributed by atoms with Crippen molar-refractivity contribution >= 4 is 0 Å². The van der Waals surface area contributed by atoms with Gasteiger partial charge in [-0.05, 0) is 54.8 Å². The standard InChI is InChI=1S/C22H29NO4/c1-25-20-10-8-18(9-11-20)22-7-4-12-23(22)14-19(24)16-27-15-17-5-3-6-21(13-17)26-2/h3,5-6,8-11,13,19,22,24H,4,7,12,14-16H2,1-2H3. The maximum Gasteiger partial charge on any atom is 0.119 e. The number of rotatable bonds is 9. The predicted molar refractivity (Wildman–Crippen MR) is 105 cm³/mol. The highest BCUT2D eigenvalue weighted by molar-refractivity contribution is 5.30. The quantitative estimate of drug-likeness (QED) is 0.732. The zero-order valence-corrected chi connectivity index (χ0v) is 16.1. The number of β-amino-alcohol motifs (C(OH)–C–C–N with tert-alkyl or cyclic N) is 1. The van der Waals surface area contributed by atoms with Gasteiger partial charge in [-0.25, -0.2) is 0 Å². The number of methoxy groups -OCH3 is 2. The van der Waals surface area contributed by atoms with E-state index in [-0.39, 0.29) is 0 Å². The van der Waals surface area contributed by atoms with Gasteiger partial charge in [0.25, 0.3) is 0 Å². The van der Waals surface area contributed by atoms with Gasteiger partial charge in [0.05, 0.1) is 33.5 Å². The van der Waals surface area contributed by atoms with Crippen molar-refractivity contribution in [2.45, 2.75) is 31.6 Å². The summed E-state index contributed by atoms with van der Waals surface area (Å²) >= 11 is 0. The van der Waals surface area contributed by atoms with Crippen molar-refractivity contribution < 1.29 is 19.3 Å². The van der Waals surface area contributed by atoms with Crippen molar-refractivity contribution in [3.63, 3.8) is 0 Å². The number of hydrogen-bond acceptors (Lipinski definition) is 5. The topological polar surface area (TPSA) is 51.2 Å². The number of hydrogen-bond donors (Lipinski definition) is 1. The Morgan fingerprint density at radius 2 is 1.85 bits per heavy atom. The van der Waals surface area contributed by atoms with Crippen molar-refractivity contribution in [2.75, 3.05) is 33.9 Å². The molecule has 0 saturated carbocycles. The normalized spacial score (nSPS) is 18.4. The minimum atomic E-state index is -0.505. The first-order chi connectivity index (χ1) is 13.2. The van der Waals surface area contributed by atoms with Gasteiger partial charge in [-0.3, -0.25) is 4.90 Å². The maximum absolute atomic E-state index is 10.4. The van der Waals surface area contributed by atoms with Gasteiger partial charge < -0.3 is 19.3 Å². The Bertz CT molecular complexity index is 704. The van der Waals surface area contributed by atoms with E-state index in [4.69, 9.17) is 14.2 Å². The highest BCUT2D eigenvalue weighted by Crippen LogP contribution is 2.32. The fourth-order valence-corrected chi connectivity index (χ4v) is 3.65. The molecule has 0 aromatic heterocycles. The molecule has 0 aliphatic carbocycles. The average molecular weight is 371 g/mol. The molecule has 0 bridgehead atoms. The zero-order valence-electron chi connectivity index (χ0n) is 16.1. The van der Waals surface area contributed by atoms with Crippen LogP contribution in [-0.4, -0.2) is 50.0 Å². The number of ether oxygens (including phenoxy) is 3. The molecule has 27 heavy (non-hydrogen) atoms. The number of nitrogens with zero attached hydrogens (tertiary/aromatic N) is 1. The number of aliphatic hydroxyl groups is 1. The minimum absolute atomic E-state index is 0.322. The summed E-state index contributed by atoms with van der Waals surface area (Å²) in [5.74, 6) is 1.69. The van der Waals surface area contributed by atoms with E-state index in [1.165, 1.54) is 5.56 Å². The molecule has 1 N–H and O–H groups in total. The van der Waals surface area contributed by atoms with Gasteiger partial charge in [-0.1, -0.05) is 24.3 Å². The van der Waals surface area contributed by atoms with E-state index >= 15 is 0 Å². The first kappa shape index (κ1) is 19.7. The van der Waals surface area contributed by atoms with Gasteiger partial charge in [0, 0.05) is 12.6 Å². The maximum atomic E-state index is 10.4. The molecule has 1 aliphatic heterocycles. The van der Waals surface area contributed by atoms with Crippen LogP contribution >= 0.6 is 0 Å². The lowest BCUT2D eigenvalue weighted by Gasteiger charge is -2.27. The fraction of sp³-hybridized carbons (Fsp3) is 0.455. The molecule has 0 amide bonds. The highest BCUT2D eigenvalue weighted by atomic mass is 16.5. The Kier molecular flexibility index (Phi) is 7.10. The molecule has 1 aliphatic rings. The SMILES string of the molecule is COc1ccc(C2CCCN2CC(O)COCc2cccc(OC)c2)cc1. The van der Waals surface area contributed by atoms with Crippen LogP contribution in [0.1, 0.15) is 30.0 Å². The van der Waals surface area contributed by atoms with Crippen LogP contribution in [0.4, 0.5) is 0 Å². The Labute approximate surface area is 161 Å². The predicted octanol–water partition coefficient (Wildman–Crippen LogP) is 3.42. The van der Waals surface area contributed by atoms with E-state index in [0.29, 0.717) is 25.8 Å². The van der Waals surface area contributed by atoms with Gasteiger partial charge >= 0.3 is 0 Å². The molecule has 0 spiro atoms. The Balaban J connectivity index is 1.48. The number of aliphatic hydroxyl groups excluding tert-OH is 1. The molecule has 5 nitrogen and oxygen atoms in total. The third-order valence-corrected chi connectivity index (χ3v) is 5.02. The van der Waals surface area contributed by atoms with Crippen molar-refractivity contribution in [1.29, 1.82) is 0 Å². The molecule has 5 heteroatoms. The van der Waals surface area contributed by atoms with Gasteiger partial charge in [-0.2, -0.15) is 0 Å². The molecule has 146 valence electrons. The van der Waals surface area contributed by atoms with Crippen LogP contribution in [0.5, 0.6) is 11.5 Å². The fourth-order valence-electron chi connectivity index (χ4n) is 3.65. The lowest BCUT2D eigenvalue weighted by Crippen LogP contribution is -2.34. The van der Waals surface area contributed by atoms with Crippen LogP contribution in [0.15, 0.2) is 48.5 Å². The summed E-state index contributed by atoms with van der Waals surface area (Å²) in [5.41, 5.74) is 2.32. The first-order valence-corrected chi connectivity index (χ1v) is 9.46. The van der Waals surface area contributed by atoms with Gasteiger partial charge in [-0.15, -0.1) is 0 Å². The van der Waals surface area contributed by atoms with Gasteiger partial charge in [0.2, 0.25) is 0 Å². The monoisotopic (exact) mass is 371 g/mol. The Morgan fingerprint density at radius 3 is 2.59 bits per heavy atom. The van der Waals surface area contributed by atoms with Gasteiger partial charge in [0.15, 0.2) is 0 Å². The molecule has 3 rings (SSSR count). The van der Waals surface area contributed by atoms with E-state index in [1.807, 2.05) is 36.4 Å². The average Bonchev–Trinajstić information content (AvgIpc) is 3.16. The lowest BCUT2D eigenvalue weighted by molar-refractivity contribution is 0.00768. The van der Waals surface area contributed by atoms with E-state index in [2.05, 4.69) is 17.0 Å². The second kappa shape index (κ2) is 9.74. The molecule has 1 heterocycles. The summed E-state index contributed by atoms with van der Waals surface area (Å²) in [6.45, 7) is 2.41. The smallest absolute Gasteiger partial charge is 0.119 e. The van der Waals surface area contributed by atoms with E-state index in [1.54, 1.807) is 14.2 Å². The molecular formula is C22H29NO4.